The van der Waals surface area contributed by atoms with Crippen molar-refractivity contribution in [3.05, 3.63) is 35.4 Å². The lowest BCUT2D eigenvalue weighted by Gasteiger charge is -2.14. The van der Waals surface area contributed by atoms with E-state index < -0.39 is 0 Å². The molecule has 0 saturated carbocycles. The van der Waals surface area contributed by atoms with E-state index in [-0.39, 0.29) is 11.8 Å². The molecule has 1 unspecified atom stereocenters. The van der Waals surface area contributed by atoms with Crippen molar-refractivity contribution in [2.24, 2.45) is 0 Å². The second-order valence-electron chi connectivity index (χ2n) is 3.82. The number of hydrogen-bond donors (Lipinski definition) is 1. The van der Waals surface area contributed by atoms with Gasteiger partial charge in [0.25, 0.3) is 0 Å². The number of rotatable bonds is 5. The fourth-order valence-corrected chi connectivity index (χ4v) is 1.66. The van der Waals surface area contributed by atoms with E-state index in [2.05, 4.69) is 5.32 Å². The maximum atomic E-state index is 11.7. The van der Waals surface area contributed by atoms with E-state index in [4.69, 9.17) is 0 Å². The molecule has 0 aliphatic rings. The molecule has 0 fully saturated rings. The average Bonchev–Trinajstić information content (AvgIpc) is 2.31. The highest BCUT2D eigenvalue weighted by molar-refractivity contribution is 5.83. The number of carbonyl (C=O) groups excluding carboxylic acids is 2. The third kappa shape index (κ3) is 3.19. The Morgan fingerprint density at radius 1 is 1.38 bits per heavy atom. The van der Waals surface area contributed by atoms with Crippen LogP contribution in [0.25, 0.3) is 0 Å². The molecule has 3 nitrogen and oxygen atoms in total. The number of carbonyl (C=O) groups is 2. The zero-order valence-electron chi connectivity index (χ0n) is 9.69. The lowest BCUT2D eigenvalue weighted by molar-refractivity contribution is -0.122. The fourth-order valence-electron chi connectivity index (χ4n) is 1.66. The molecule has 0 spiro atoms. The summed E-state index contributed by atoms with van der Waals surface area (Å²) in [5, 5.41) is 2.63. The summed E-state index contributed by atoms with van der Waals surface area (Å²) in [4.78, 5) is 22.1. The standard InChI is InChI=1S/C13H17NO2/c1-10-5-7-11(8-6-10)12(4-3-9-15)13(16)14-2/h5-9,12H,3-4H2,1-2H3,(H,14,16). The normalized spacial score (nSPS) is 11.9. The first-order valence-electron chi connectivity index (χ1n) is 5.41. The highest BCUT2D eigenvalue weighted by atomic mass is 16.1. The van der Waals surface area contributed by atoms with Crippen LogP contribution in [0.4, 0.5) is 0 Å². The van der Waals surface area contributed by atoms with Gasteiger partial charge in [-0.15, -0.1) is 0 Å². The number of likely N-dealkylation sites (N-methyl/N-ethyl adjacent to an activating group) is 1. The zero-order chi connectivity index (χ0) is 12.0. The van der Waals surface area contributed by atoms with Crippen LogP contribution in [0.5, 0.6) is 0 Å². The largest absolute Gasteiger partial charge is 0.359 e. The molecule has 1 rings (SSSR count). The lowest BCUT2D eigenvalue weighted by Crippen LogP contribution is -2.25. The predicted molar refractivity (Wildman–Crippen MR) is 63.3 cm³/mol. The van der Waals surface area contributed by atoms with Crippen LogP contribution in [-0.2, 0) is 9.59 Å². The molecule has 0 aromatic heterocycles. The Balaban J connectivity index is 2.86. The molecule has 1 aromatic rings. The van der Waals surface area contributed by atoms with Gasteiger partial charge in [0.1, 0.15) is 6.29 Å². The van der Waals surface area contributed by atoms with E-state index in [0.717, 1.165) is 17.4 Å². The van der Waals surface area contributed by atoms with E-state index in [9.17, 15) is 9.59 Å². The van der Waals surface area contributed by atoms with Crippen molar-refractivity contribution in [2.75, 3.05) is 7.05 Å². The molecular weight excluding hydrogens is 202 g/mol. The van der Waals surface area contributed by atoms with Crippen molar-refractivity contribution in [1.29, 1.82) is 0 Å². The number of aldehydes is 1. The summed E-state index contributed by atoms with van der Waals surface area (Å²) in [6.07, 6.45) is 1.82. The maximum Gasteiger partial charge on any atom is 0.227 e. The highest BCUT2D eigenvalue weighted by Crippen LogP contribution is 2.21. The van der Waals surface area contributed by atoms with Crippen molar-refractivity contribution >= 4 is 12.2 Å². The van der Waals surface area contributed by atoms with Crippen LogP contribution in [-0.4, -0.2) is 19.2 Å². The van der Waals surface area contributed by atoms with Gasteiger partial charge in [-0.2, -0.15) is 0 Å². The highest BCUT2D eigenvalue weighted by Gasteiger charge is 2.18. The number of aryl methyl sites for hydroxylation is 1. The van der Waals surface area contributed by atoms with Crippen LogP contribution >= 0.6 is 0 Å². The summed E-state index contributed by atoms with van der Waals surface area (Å²) < 4.78 is 0. The summed E-state index contributed by atoms with van der Waals surface area (Å²) in [5.41, 5.74) is 2.13. The molecule has 16 heavy (non-hydrogen) atoms. The van der Waals surface area contributed by atoms with E-state index in [1.54, 1.807) is 7.05 Å². The first-order valence-corrected chi connectivity index (χ1v) is 5.41. The second-order valence-corrected chi connectivity index (χ2v) is 3.82. The quantitative estimate of drug-likeness (QED) is 0.768. The van der Waals surface area contributed by atoms with Gasteiger partial charge in [-0.25, -0.2) is 0 Å². The maximum absolute atomic E-state index is 11.7. The number of nitrogens with one attached hydrogen (secondary N) is 1. The van der Waals surface area contributed by atoms with Crippen molar-refractivity contribution in [3.8, 4) is 0 Å². The molecule has 1 atom stereocenters. The van der Waals surface area contributed by atoms with Crippen LogP contribution in [0.2, 0.25) is 0 Å². The number of amides is 1. The van der Waals surface area contributed by atoms with Gasteiger partial charge in [-0.1, -0.05) is 29.8 Å². The second kappa shape index (κ2) is 6.05. The topological polar surface area (TPSA) is 46.2 Å². The van der Waals surface area contributed by atoms with E-state index in [1.165, 1.54) is 0 Å². The predicted octanol–water partition coefficient (Wildman–Crippen LogP) is 1.80. The van der Waals surface area contributed by atoms with Crippen LogP contribution < -0.4 is 5.32 Å². The summed E-state index contributed by atoms with van der Waals surface area (Å²) in [7, 11) is 1.62. The Kier molecular flexibility index (Phi) is 4.70. The average molecular weight is 219 g/mol. The minimum atomic E-state index is -0.226. The monoisotopic (exact) mass is 219 g/mol. The molecule has 0 bridgehead atoms. The molecule has 0 heterocycles. The van der Waals surface area contributed by atoms with Gasteiger partial charge in [0.2, 0.25) is 5.91 Å². The Bertz CT molecular complexity index is 357. The van der Waals surface area contributed by atoms with Crippen molar-refractivity contribution in [3.63, 3.8) is 0 Å². The molecular formula is C13H17NO2. The van der Waals surface area contributed by atoms with E-state index in [0.29, 0.717) is 12.8 Å². The first kappa shape index (κ1) is 12.4. The molecule has 0 saturated heterocycles. The summed E-state index contributed by atoms with van der Waals surface area (Å²) >= 11 is 0. The molecule has 86 valence electrons. The van der Waals surface area contributed by atoms with Crippen LogP contribution in [0.15, 0.2) is 24.3 Å². The van der Waals surface area contributed by atoms with Gasteiger partial charge in [-0.05, 0) is 18.9 Å². The Morgan fingerprint density at radius 2 is 2.00 bits per heavy atom. The van der Waals surface area contributed by atoms with Gasteiger partial charge in [0.05, 0.1) is 5.92 Å². The summed E-state index contributed by atoms with van der Waals surface area (Å²) in [5.74, 6) is -0.262. The number of hydrogen-bond acceptors (Lipinski definition) is 2. The van der Waals surface area contributed by atoms with Gasteiger partial charge >= 0.3 is 0 Å². The van der Waals surface area contributed by atoms with Crippen LogP contribution in [0, 0.1) is 6.92 Å². The van der Waals surface area contributed by atoms with E-state index in [1.807, 2.05) is 31.2 Å². The third-order valence-corrected chi connectivity index (χ3v) is 2.62. The minimum Gasteiger partial charge on any atom is -0.359 e. The van der Waals surface area contributed by atoms with Crippen molar-refractivity contribution < 1.29 is 9.59 Å². The fraction of sp³-hybridized carbons (Fsp3) is 0.385. The molecule has 0 aliphatic carbocycles. The smallest absolute Gasteiger partial charge is 0.227 e. The molecule has 1 N–H and O–H groups in total. The molecule has 1 amide bonds. The SMILES string of the molecule is CNC(=O)C(CCC=O)c1ccc(C)cc1. The molecule has 1 aromatic carbocycles. The Morgan fingerprint density at radius 3 is 2.50 bits per heavy atom. The molecule has 3 heteroatoms. The molecule has 0 radical (unpaired) electrons. The van der Waals surface area contributed by atoms with Gasteiger partial charge in [0, 0.05) is 13.5 Å². The third-order valence-electron chi connectivity index (χ3n) is 2.62. The Hall–Kier alpha value is -1.64. The lowest BCUT2D eigenvalue weighted by atomic mass is 9.93. The summed E-state index contributed by atoms with van der Waals surface area (Å²) in [6, 6.07) is 7.85. The Labute approximate surface area is 95.9 Å². The van der Waals surface area contributed by atoms with Crippen LogP contribution in [0.3, 0.4) is 0 Å². The van der Waals surface area contributed by atoms with Crippen molar-refractivity contribution in [1.82, 2.24) is 5.32 Å². The molecule has 0 aliphatic heterocycles. The van der Waals surface area contributed by atoms with Crippen LogP contribution in [0.1, 0.15) is 29.9 Å². The number of benzene rings is 1. The summed E-state index contributed by atoms with van der Waals surface area (Å²) in [6.45, 7) is 2.00. The van der Waals surface area contributed by atoms with Gasteiger partial charge in [-0.3, -0.25) is 4.79 Å². The minimum absolute atomic E-state index is 0.0364. The zero-order valence-corrected chi connectivity index (χ0v) is 9.69. The first-order chi connectivity index (χ1) is 7.69. The van der Waals surface area contributed by atoms with E-state index >= 15 is 0 Å². The van der Waals surface area contributed by atoms with Gasteiger partial charge < -0.3 is 10.1 Å². The van der Waals surface area contributed by atoms with Gasteiger partial charge in [0.15, 0.2) is 0 Å². The van der Waals surface area contributed by atoms with Crippen molar-refractivity contribution in [2.45, 2.75) is 25.7 Å².